The molecule has 2 heteroatoms. The summed E-state index contributed by atoms with van der Waals surface area (Å²) in [5.74, 6) is 2.50. The van der Waals surface area contributed by atoms with Gasteiger partial charge in [-0.05, 0) is 113 Å². The second kappa shape index (κ2) is 6.74. The number of benzene rings is 3. The van der Waals surface area contributed by atoms with E-state index in [9.17, 15) is 5.11 Å². The molecule has 4 fully saturated rings. The minimum Gasteiger partial charge on any atom is -0.385 e. The van der Waals surface area contributed by atoms with E-state index in [4.69, 9.17) is 11.6 Å². The van der Waals surface area contributed by atoms with Crippen molar-refractivity contribution in [2.75, 3.05) is 0 Å². The summed E-state index contributed by atoms with van der Waals surface area (Å²) in [7, 11) is 0. The number of hydrogen-bond donors (Lipinski definition) is 1. The second-order valence-corrected chi connectivity index (χ2v) is 12.2. The topological polar surface area (TPSA) is 20.2 Å². The molecule has 1 nitrogen and oxygen atoms in total. The third-order valence-corrected chi connectivity index (χ3v) is 9.93. The zero-order valence-corrected chi connectivity index (χ0v) is 20.2. The fourth-order valence-electron chi connectivity index (χ4n) is 8.32. The van der Waals surface area contributed by atoms with Crippen molar-refractivity contribution in [1.29, 1.82) is 0 Å². The van der Waals surface area contributed by atoms with Crippen LogP contribution in [-0.4, -0.2) is 5.11 Å². The Balaban J connectivity index is 1.37. The van der Waals surface area contributed by atoms with E-state index < -0.39 is 5.60 Å². The van der Waals surface area contributed by atoms with Gasteiger partial charge in [0.05, 0.1) is 5.60 Å². The highest BCUT2D eigenvalue weighted by atomic mass is 35.5. The average molecular weight is 455 g/mol. The lowest BCUT2D eigenvalue weighted by atomic mass is 9.48. The largest absolute Gasteiger partial charge is 0.385 e. The maximum atomic E-state index is 12.4. The molecule has 3 aromatic rings. The highest BCUT2D eigenvalue weighted by Gasteiger charge is 2.57. The fraction of sp³-hybridized carbons (Fsp3) is 0.419. The Hall–Kier alpha value is -2.09. The Morgan fingerprint density at radius 1 is 0.697 bits per heavy atom. The maximum Gasteiger partial charge on any atom is 0.0958 e. The monoisotopic (exact) mass is 454 g/mol. The molecule has 0 heterocycles. The van der Waals surface area contributed by atoms with Crippen molar-refractivity contribution in [2.24, 2.45) is 23.7 Å². The predicted octanol–water partition coefficient (Wildman–Crippen LogP) is 7.96. The van der Waals surface area contributed by atoms with Gasteiger partial charge in [0.2, 0.25) is 0 Å². The summed E-state index contributed by atoms with van der Waals surface area (Å²) < 4.78 is 0. The van der Waals surface area contributed by atoms with E-state index in [1.165, 1.54) is 65.5 Å². The van der Waals surface area contributed by atoms with E-state index in [-0.39, 0.29) is 5.41 Å². The number of aliphatic hydroxyl groups is 1. The van der Waals surface area contributed by atoms with Crippen molar-refractivity contribution in [3.05, 3.63) is 82.4 Å². The molecule has 0 aromatic heterocycles. The molecule has 3 aromatic carbocycles. The van der Waals surface area contributed by atoms with Crippen LogP contribution in [0.15, 0.2) is 60.7 Å². The third-order valence-electron chi connectivity index (χ3n) is 9.69. The van der Waals surface area contributed by atoms with Crippen LogP contribution in [0.3, 0.4) is 0 Å². The fourth-order valence-corrected chi connectivity index (χ4v) is 8.49. The van der Waals surface area contributed by atoms with Crippen molar-refractivity contribution in [1.82, 2.24) is 0 Å². The van der Waals surface area contributed by atoms with Crippen LogP contribution in [0.1, 0.15) is 62.6 Å². The Labute approximate surface area is 201 Å². The number of fused-ring (bicyclic) bond motifs is 3. The first-order valence-corrected chi connectivity index (χ1v) is 13.0. The summed E-state index contributed by atoms with van der Waals surface area (Å²) >= 11 is 6.36. The molecular formula is C31H31ClO. The molecule has 4 saturated carbocycles. The smallest absolute Gasteiger partial charge is 0.0958 e. The van der Waals surface area contributed by atoms with Crippen molar-refractivity contribution in [3.63, 3.8) is 0 Å². The highest BCUT2D eigenvalue weighted by Crippen LogP contribution is 2.62. The molecule has 5 aliphatic rings. The van der Waals surface area contributed by atoms with E-state index in [0.717, 1.165) is 22.4 Å². The van der Waals surface area contributed by atoms with Crippen LogP contribution in [0.5, 0.6) is 0 Å². The Morgan fingerprint density at radius 3 is 2.12 bits per heavy atom. The third kappa shape index (κ3) is 2.70. The van der Waals surface area contributed by atoms with E-state index in [1.54, 1.807) is 0 Å². The summed E-state index contributed by atoms with van der Waals surface area (Å²) in [5.41, 5.74) is 8.06. The van der Waals surface area contributed by atoms with Crippen LogP contribution in [-0.2, 0) is 11.0 Å². The molecule has 33 heavy (non-hydrogen) atoms. The molecular weight excluding hydrogens is 424 g/mol. The molecule has 0 unspecified atom stereocenters. The van der Waals surface area contributed by atoms with Crippen LogP contribution in [0, 0.1) is 23.7 Å². The minimum absolute atomic E-state index is 0.0697. The normalized spacial score (nSPS) is 32.6. The van der Waals surface area contributed by atoms with Crippen molar-refractivity contribution < 1.29 is 5.11 Å². The minimum atomic E-state index is -0.685. The van der Waals surface area contributed by atoms with Crippen LogP contribution < -0.4 is 0 Å². The van der Waals surface area contributed by atoms with Crippen LogP contribution in [0.4, 0.5) is 0 Å². The van der Waals surface area contributed by atoms with Crippen LogP contribution in [0.2, 0.25) is 5.02 Å². The molecule has 168 valence electrons. The van der Waals surface area contributed by atoms with E-state index in [1.807, 2.05) is 6.07 Å². The lowest BCUT2D eigenvalue weighted by Gasteiger charge is -2.59. The number of hydrogen-bond acceptors (Lipinski definition) is 1. The van der Waals surface area contributed by atoms with Gasteiger partial charge in [-0.3, -0.25) is 0 Å². The van der Waals surface area contributed by atoms with E-state index in [2.05, 4.69) is 68.4 Å². The van der Waals surface area contributed by atoms with Gasteiger partial charge in [-0.25, -0.2) is 0 Å². The Bertz CT molecular complexity index is 1260. The Morgan fingerprint density at radius 2 is 1.39 bits per heavy atom. The quantitative estimate of drug-likeness (QED) is 0.416. The van der Waals surface area contributed by atoms with Crippen LogP contribution in [0.25, 0.3) is 22.3 Å². The first-order valence-electron chi connectivity index (χ1n) is 12.6. The molecule has 0 amide bonds. The molecule has 0 aliphatic heterocycles. The summed E-state index contributed by atoms with van der Waals surface area (Å²) in [6.45, 7) is 4.62. The predicted molar refractivity (Wildman–Crippen MR) is 135 cm³/mol. The van der Waals surface area contributed by atoms with Crippen molar-refractivity contribution in [3.8, 4) is 22.3 Å². The molecule has 0 saturated heterocycles. The molecule has 0 atom stereocenters. The molecule has 4 bridgehead atoms. The average Bonchev–Trinajstić information content (AvgIpc) is 3.02. The standard InChI is InChI=1S/C31H31ClO/c1-30(2)27-10-8-23(32)17-26(27)25-9-7-20(16-29(25)30)24-5-3-4-6-28(24)31(33)21-12-18-11-19(14-21)15-22(31)13-18/h3-10,16-19,21-22,33H,11-15H2,1-2H3. The first-order chi connectivity index (χ1) is 15.9. The summed E-state index contributed by atoms with van der Waals surface area (Å²) in [6.07, 6.45) is 6.20. The molecule has 8 rings (SSSR count). The summed E-state index contributed by atoms with van der Waals surface area (Å²) in [5, 5.41) is 13.1. The molecule has 1 N–H and O–H groups in total. The van der Waals surface area contributed by atoms with Gasteiger partial charge < -0.3 is 5.11 Å². The zero-order chi connectivity index (χ0) is 22.5. The van der Waals surface area contributed by atoms with Gasteiger partial charge in [-0.1, -0.05) is 67.9 Å². The summed E-state index contributed by atoms with van der Waals surface area (Å²) in [4.78, 5) is 0. The van der Waals surface area contributed by atoms with E-state index >= 15 is 0 Å². The molecule has 5 aliphatic carbocycles. The first kappa shape index (κ1) is 20.3. The van der Waals surface area contributed by atoms with Gasteiger partial charge in [0.15, 0.2) is 0 Å². The highest BCUT2D eigenvalue weighted by molar-refractivity contribution is 6.31. The SMILES string of the molecule is CC1(C)c2ccc(Cl)cc2-c2ccc(-c3ccccc3C3(O)C4CC5CC(C4)CC3C5)cc21. The maximum absolute atomic E-state index is 12.4. The van der Waals surface area contributed by atoms with Gasteiger partial charge in [0.25, 0.3) is 0 Å². The zero-order valence-electron chi connectivity index (χ0n) is 19.4. The number of halogens is 1. The summed E-state index contributed by atoms with van der Waals surface area (Å²) in [6, 6.07) is 21.9. The molecule has 0 spiro atoms. The van der Waals surface area contributed by atoms with Gasteiger partial charge in [0, 0.05) is 10.4 Å². The van der Waals surface area contributed by atoms with Gasteiger partial charge in [-0.15, -0.1) is 0 Å². The van der Waals surface area contributed by atoms with Gasteiger partial charge >= 0.3 is 0 Å². The lowest BCUT2D eigenvalue weighted by molar-refractivity contribution is -0.179. The molecule has 0 radical (unpaired) electrons. The van der Waals surface area contributed by atoms with E-state index in [0.29, 0.717) is 11.8 Å². The van der Waals surface area contributed by atoms with Crippen LogP contribution >= 0.6 is 11.6 Å². The Kier molecular flexibility index (Phi) is 4.14. The van der Waals surface area contributed by atoms with Crippen molar-refractivity contribution >= 4 is 11.6 Å². The second-order valence-electron chi connectivity index (χ2n) is 11.8. The van der Waals surface area contributed by atoms with Gasteiger partial charge in [0.1, 0.15) is 0 Å². The van der Waals surface area contributed by atoms with Gasteiger partial charge in [-0.2, -0.15) is 0 Å². The van der Waals surface area contributed by atoms with Crippen molar-refractivity contribution in [2.45, 2.75) is 57.0 Å². The number of rotatable bonds is 2. The lowest BCUT2D eigenvalue weighted by Crippen LogP contribution is -2.55.